The summed E-state index contributed by atoms with van der Waals surface area (Å²) < 4.78 is 6.74. The number of nitrogens with zero attached hydrogens (tertiary/aromatic N) is 1. The minimum atomic E-state index is -0.892. The van der Waals surface area contributed by atoms with Gasteiger partial charge in [-0.15, -0.1) is 0 Å². The molecular formula is C26H31N3O4S. The number of carbonyl (C=O) groups is 2. The van der Waals surface area contributed by atoms with Gasteiger partial charge in [-0.1, -0.05) is 24.3 Å². The second kappa shape index (κ2) is 11.2. The van der Waals surface area contributed by atoms with Crippen molar-refractivity contribution in [3.8, 4) is 0 Å². The Bertz CT molecular complexity index is 1160. The first-order chi connectivity index (χ1) is 16.2. The summed E-state index contributed by atoms with van der Waals surface area (Å²) in [5.74, 6) is -0.694. The Balaban J connectivity index is 1.79. The molecule has 180 valence electrons. The highest BCUT2D eigenvalue weighted by molar-refractivity contribution is 8.32. The zero-order valence-corrected chi connectivity index (χ0v) is 20.7. The van der Waals surface area contributed by atoms with Gasteiger partial charge in [0.2, 0.25) is 5.91 Å². The molecule has 0 saturated carbocycles. The minimum absolute atomic E-state index is 0.0190. The fourth-order valence-electron chi connectivity index (χ4n) is 3.36. The number of anilines is 1. The molecule has 0 fully saturated rings. The van der Waals surface area contributed by atoms with E-state index >= 15 is 0 Å². The molecule has 1 atom stereocenters. The van der Waals surface area contributed by atoms with Crippen LogP contribution in [0.1, 0.15) is 17.2 Å². The predicted molar refractivity (Wildman–Crippen MR) is 137 cm³/mol. The average Bonchev–Trinajstić information content (AvgIpc) is 2.79. The molecule has 0 aliphatic heterocycles. The number of rotatable bonds is 9. The molecule has 1 aromatic heterocycles. The number of hydrogen-bond donors (Lipinski definition) is 2. The van der Waals surface area contributed by atoms with Crippen molar-refractivity contribution in [2.45, 2.75) is 24.1 Å². The van der Waals surface area contributed by atoms with Crippen molar-refractivity contribution in [1.29, 1.82) is 0 Å². The molecule has 0 saturated heterocycles. The first-order valence-electron chi connectivity index (χ1n) is 10.8. The number of carbonyl (C=O) groups excluding carboxylic acids is 2. The topological polar surface area (TPSA) is 89.4 Å². The van der Waals surface area contributed by atoms with E-state index < -0.39 is 16.1 Å². The summed E-state index contributed by atoms with van der Waals surface area (Å²) in [5, 5.41) is 5.74. The van der Waals surface area contributed by atoms with Crippen LogP contribution in [-0.4, -0.2) is 42.3 Å². The van der Waals surface area contributed by atoms with E-state index in [1.807, 2.05) is 48.5 Å². The molecule has 8 heteroatoms. The third kappa shape index (κ3) is 7.07. The molecule has 2 amide bonds. The molecular weight excluding hydrogens is 450 g/mol. The van der Waals surface area contributed by atoms with Crippen molar-refractivity contribution in [2.24, 2.45) is 0 Å². The lowest BCUT2D eigenvalue weighted by Crippen LogP contribution is -2.38. The SMILES string of the molecule is COCc1ccc(C(NC(=O)Cn2ccc(=O)cc2)C(=O)Nc2ccc(S(C)(C)C)cc2)cc1. The van der Waals surface area contributed by atoms with Crippen LogP contribution in [0.5, 0.6) is 0 Å². The van der Waals surface area contributed by atoms with Crippen molar-refractivity contribution in [3.63, 3.8) is 0 Å². The van der Waals surface area contributed by atoms with Crippen LogP contribution >= 0.6 is 10.0 Å². The van der Waals surface area contributed by atoms with Gasteiger partial charge in [0.15, 0.2) is 5.43 Å². The first-order valence-corrected chi connectivity index (χ1v) is 13.6. The van der Waals surface area contributed by atoms with Crippen LogP contribution in [0.4, 0.5) is 5.69 Å². The van der Waals surface area contributed by atoms with Gasteiger partial charge in [0.25, 0.3) is 5.91 Å². The Hall–Kier alpha value is -3.36. The Labute approximate surface area is 201 Å². The van der Waals surface area contributed by atoms with E-state index in [4.69, 9.17) is 4.74 Å². The van der Waals surface area contributed by atoms with E-state index in [1.165, 1.54) is 29.4 Å². The highest BCUT2D eigenvalue weighted by atomic mass is 32.3. The number of amides is 2. The van der Waals surface area contributed by atoms with Crippen LogP contribution in [-0.2, 0) is 27.5 Å². The summed E-state index contributed by atoms with van der Waals surface area (Å²) in [6.45, 7) is 0.437. The molecule has 0 bridgehead atoms. The Kier molecular flexibility index (Phi) is 8.31. The fraction of sp³-hybridized carbons (Fsp3) is 0.269. The van der Waals surface area contributed by atoms with Crippen LogP contribution in [0, 0.1) is 0 Å². The highest BCUT2D eigenvalue weighted by Crippen LogP contribution is 2.45. The molecule has 3 rings (SSSR count). The maximum atomic E-state index is 13.2. The van der Waals surface area contributed by atoms with Gasteiger partial charge >= 0.3 is 0 Å². The molecule has 0 aliphatic carbocycles. The maximum absolute atomic E-state index is 13.2. The lowest BCUT2D eigenvalue weighted by molar-refractivity contribution is -0.127. The lowest BCUT2D eigenvalue weighted by atomic mass is 10.0. The normalized spacial score (nSPS) is 12.6. The van der Waals surface area contributed by atoms with Gasteiger partial charge in [0.1, 0.15) is 12.6 Å². The van der Waals surface area contributed by atoms with E-state index in [2.05, 4.69) is 29.4 Å². The number of nitrogens with one attached hydrogen (secondary N) is 2. The fourth-order valence-corrected chi connectivity index (χ4v) is 4.31. The van der Waals surface area contributed by atoms with E-state index in [1.54, 1.807) is 11.7 Å². The minimum Gasteiger partial charge on any atom is -0.380 e. The number of aromatic nitrogens is 1. The van der Waals surface area contributed by atoms with Crippen LogP contribution in [0.25, 0.3) is 0 Å². The molecule has 1 heterocycles. The third-order valence-corrected chi connectivity index (χ3v) is 6.89. The summed E-state index contributed by atoms with van der Waals surface area (Å²) >= 11 is 0. The van der Waals surface area contributed by atoms with Crippen molar-refractivity contribution >= 4 is 27.5 Å². The van der Waals surface area contributed by atoms with Crippen LogP contribution < -0.4 is 16.1 Å². The van der Waals surface area contributed by atoms with Gasteiger partial charge in [0, 0.05) is 37.3 Å². The molecule has 34 heavy (non-hydrogen) atoms. The zero-order valence-electron chi connectivity index (χ0n) is 19.9. The average molecular weight is 482 g/mol. The summed E-state index contributed by atoms with van der Waals surface area (Å²) in [4.78, 5) is 38.5. The number of hydrogen-bond acceptors (Lipinski definition) is 4. The molecule has 7 nitrogen and oxygen atoms in total. The Morgan fingerprint density at radius 3 is 2.12 bits per heavy atom. The summed E-state index contributed by atoms with van der Waals surface area (Å²) in [6, 6.07) is 17.0. The van der Waals surface area contributed by atoms with Gasteiger partial charge in [0.05, 0.1) is 6.61 Å². The Morgan fingerprint density at radius 2 is 1.56 bits per heavy atom. The smallest absolute Gasteiger partial charge is 0.251 e. The van der Waals surface area contributed by atoms with E-state index in [9.17, 15) is 14.4 Å². The van der Waals surface area contributed by atoms with E-state index in [0.29, 0.717) is 17.9 Å². The first kappa shape index (κ1) is 25.3. The molecule has 1 unspecified atom stereocenters. The number of benzene rings is 2. The van der Waals surface area contributed by atoms with Crippen molar-refractivity contribution in [2.75, 3.05) is 31.2 Å². The predicted octanol–water partition coefficient (Wildman–Crippen LogP) is 3.54. The molecule has 3 aromatic rings. The van der Waals surface area contributed by atoms with E-state index in [-0.39, 0.29) is 23.8 Å². The molecule has 0 spiro atoms. The summed E-state index contributed by atoms with van der Waals surface area (Å²) in [5.41, 5.74) is 2.14. The van der Waals surface area contributed by atoms with E-state index in [0.717, 1.165) is 5.56 Å². The quantitative estimate of drug-likeness (QED) is 0.489. The van der Waals surface area contributed by atoms with Gasteiger partial charge < -0.3 is 19.9 Å². The van der Waals surface area contributed by atoms with Crippen molar-refractivity contribution in [1.82, 2.24) is 9.88 Å². The summed E-state index contributed by atoms with van der Waals surface area (Å²) in [6.07, 6.45) is 9.70. The lowest BCUT2D eigenvalue weighted by Gasteiger charge is -2.26. The second-order valence-corrected chi connectivity index (χ2v) is 12.9. The van der Waals surface area contributed by atoms with Gasteiger partial charge in [-0.05, 0) is 59.1 Å². The van der Waals surface area contributed by atoms with Crippen molar-refractivity contribution < 1.29 is 14.3 Å². The molecule has 2 N–H and O–H groups in total. The Morgan fingerprint density at radius 1 is 0.941 bits per heavy atom. The van der Waals surface area contributed by atoms with Crippen LogP contribution in [0.2, 0.25) is 0 Å². The second-order valence-electron chi connectivity index (χ2n) is 8.73. The largest absolute Gasteiger partial charge is 0.380 e. The monoisotopic (exact) mass is 481 g/mol. The number of pyridine rings is 1. The van der Waals surface area contributed by atoms with Crippen LogP contribution in [0.15, 0.2) is 82.7 Å². The summed E-state index contributed by atoms with van der Waals surface area (Å²) in [7, 11) is 0.752. The van der Waals surface area contributed by atoms with Crippen molar-refractivity contribution in [3.05, 3.63) is 94.4 Å². The number of ether oxygens (including phenoxy) is 1. The number of methoxy groups -OCH3 is 1. The van der Waals surface area contributed by atoms with Gasteiger partial charge in [-0.3, -0.25) is 14.4 Å². The van der Waals surface area contributed by atoms with Gasteiger partial charge in [-0.2, -0.15) is 0 Å². The zero-order chi connectivity index (χ0) is 24.7. The molecule has 0 radical (unpaired) electrons. The maximum Gasteiger partial charge on any atom is 0.251 e. The van der Waals surface area contributed by atoms with Gasteiger partial charge in [-0.25, -0.2) is 10.0 Å². The molecule has 0 aliphatic rings. The van der Waals surface area contributed by atoms with Crippen LogP contribution in [0.3, 0.4) is 0 Å². The standard InChI is InChI=1S/C26H31N3O4S/c1-33-18-19-5-7-20(8-6-19)25(28-24(31)17-29-15-13-22(30)14-16-29)26(32)27-21-9-11-23(12-10-21)34(2,3)4/h5-16,25H,17-18H2,1-4H3,(H,27,32)(H,28,31). The highest BCUT2D eigenvalue weighted by Gasteiger charge is 2.23. The third-order valence-electron chi connectivity index (χ3n) is 5.21. The molecule has 2 aromatic carbocycles.